The number of hydrogen-bond donors (Lipinski definition) is 8. The molecule has 14 heteroatoms. The van der Waals surface area contributed by atoms with E-state index in [-0.39, 0.29) is 18.5 Å². The maximum absolute atomic E-state index is 12.8. The summed E-state index contributed by atoms with van der Waals surface area (Å²) >= 11 is 1.42. The van der Waals surface area contributed by atoms with Crippen molar-refractivity contribution in [3.8, 4) is 16.9 Å². The Balaban J connectivity index is 1.19. The highest BCUT2D eigenvalue weighted by Crippen LogP contribution is 2.24. The number of carbonyl (C=O) groups is 1. The van der Waals surface area contributed by atoms with Crippen molar-refractivity contribution in [2.24, 2.45) is 5.73 Å². The second kappa shape index (κ2) is 14.4. The van der Waals surface area contributed by atoms with Gasteiger partial charge in [-0.05, 0) is 54.4 Å². The zero-order valence-electron chi connectivity index (χ0n) is 23.9. The van der Waals surface area contributed by atoms with Crippen LogP contribution >= 0.6 is 11.3 Å². The predicted molar refractivity (Wildman–Crippen MR) is 172 cm³/mol. The van der Waals surface area contributed by atoms with Gasteiger partial charge in [-0.25, -0.2) is 9.78 Å². The average Bonchev–Trinajstić information content (AvgIpc) is 3.67. The number of thiazole rings is 1. The molecule has 228 valence electrons. The minimum atomic E-state index is -0.391. The van der Waals surface area contributed by atoms with Crippen LogP contribution in [-0.4, -0.2) is 62.7 Å². The molecule has 1 amide bonds. The first-order chi connectivity index (χ1) is 21.4. The molecule has 0 spiro atoms. The van der Waals surface area contributed by atoms with E-state index >= 15 is 0 Å². The second-order valence-electron chi connectivity index (χ2n) is 9.97. The molecule has 13 nitrogen and oxygen atoms in total. The molecule has 2 aromatic carbocycles. The molecule has 0 unspecified atom stereocenters. The van der Waals surface area contributed by atoms with Gasteiger partial charge in [0.15, 0.2) is 11.1 Å². The first kappa shape index (κ1) is 30.4. The Bertz CT molecular complexity index is 1780. The Morgan fingerprint density at radius 2 is 1.82 bits per heavy atom. The van der Waals surface area contributed by atoms with Gasteiger partial charge in [0.2, 0.25) is 0 Å². The lowest BCUT2D eigenvalue weighted by atomic mass is 10.1. The summed E-state index contributed by atoms with van der Waals surface area (Å²) in [7, 11) is 0. The molecule has 0 aliphatic heterocycles. The number of fused-ring (bicyclic) bond motifs is 1. The fourth-order valence-electron chi connectivity index (χ4n) is 4.48. The summed E-state index contributed by atoms with van der Waals surface area (Å²) in [4.78, 5) is 37.4. The number of amides is 1. The van der Waals surface area contributed by atoms with E-state index in [0.29, 0.717) is 48.2 Å². The highest BCUT2D eigenvalue weighted by Gasteiger charge is 2.11. The fraction of sp³-hybridized carbons (Fsp3) is 0.233. The largest absolute Gasteiger partial charge is 0.395 e. The number of nitrogens with zero attached hydrogens (tertiary/aromatic N) is 3. The van der Waals surface area contributed by atoms with Crippen molar-refractivity contribution in [1.29, 1.82) is 5.41 Å². The van der Waals surface area contributed by atoms with Crippen molar-refractivity contribution in [2.75, 3.05) is 31.6 Å². The molecule has 0 aliphatic rings. The molecule has 5 rings (SSSR count). The van der Waals surface area contributed by atoms with Gasteiger partial charge in [-0.3, -0.25) is 14.8 Å². The Kier molecular flexibility index (Phi) is 9.96. The number of aliphatic hydroxyl groups excluding tert-OH is 1. The summed E-state index contributed by atoms with van der Waals surface area (Å²) in [6.07, 6.45) is 2.61. The standard InChI is InChI=1S/C30H34N10O3S/c31-28(32)34-11-1-10-33-15-19-2-8-24(9-3-19)40-17-22-14-25(38-26(22)39-30(40)43)20-4-6-21(7-5-20)27(42)36-16-23-18-44-29(37-23)35-12-13-41/h2-9,14,17-18,33,41H,1,10-13,15-16H2,(H,35,37)(H,36,42)(H4,31,32,34)(H,38,39,43). The number of nitrogens with one attached hydrogen (secondary N) is 6. The van der Waals surface area contributed by atoms with Gasteiger partial charge >= 0.3 is 5.69 Å². The molecule has 0 atom stereocenters. The van der Waals surface area contributed by atoms with Gasteiger partial charge < -0.3 is 37.1 Å². The molecule has 0 aliphatic carbocycles. The molecule has 9 N–H and O–H groups in total. The number of guanidine groups is 1. The lowest BCUT2D eigenvalue weighted by molar-refractivity contribution is 0.0950. The maximum Gasteiger partial charge on any atom is 0.354 e. The minimum absolute atomic E-state index is 0.0226. The molecule has 0 saturated heterocycles. The Morgan fingerprint density at radius 3 is 2.57 bits per heavy atom. The van der Waals surface area contributed by atoms with Gasteiger partial charge in [-0.2, -0.15) is 4.98 Å². The molecular formula is C30H34N10O3S. The van der Waals surface area contributed by atoms with Gasteiger partial charge in [0.05, 0.1) is 24.5 Å². The Hall–Kier alpha value is -5.05. The number of nitrogens with two attached hydrogens (primary N) is 1. The molecule has 44 heavy (non-hydrogen) atoms. The summed E-state index contributed by atoms with van der Waals surface area (Å²) < 4.78 is 1.52. The van der Waals surface area contributed by atoms with E-state index < -0.39 is 5.69 Å². The smallest absolute Gasteiger partial charge is 0.354 e. The summed E-state index contributed by atoms with van der Waals surface area (Å²) in [6.45, 7) is 2.86. The third-order valence-electron chi connectivity index (χ3n) is 6.73. The Morgan fingerprint density at radius 1 is 1.02 bits per heavy atom. The van der Waals surface area contributed by atoms with E-state index in [1.54, 1.807) is 18.3 Å². The summed E-state index contributed by atoms with van der Waals surface area (Å²) in [6, 6.07) is 16.8. The van der Waals surface area contributed by atoms with Crippen molar-refractivity contribution in [3.63, 3.8) is 0 Å². The van der Waals surface area contributed by atoms with Crippen LogP contribution in [0.1, 0.15) is 28.0 Å². The van der Waals surface area contributed by atoms with E-state index in [1.807, 2.05) is 47.8 Å². The molecule has 3 aromatic heterocycles. The monoisotopic (exact) mass is 614 g/mol. The molecular weight excluding hydrogens is 580 g/mol. The second-order valence-corrected chi connectivity index (χ2v) is 10.8. The number of anilines is 1. The number of benzene rings is 2. The van der Waals surface area contributed by atoms with E-state index in [2.05, 4.69) is 36.2 Å². The van der Waals surface area contributed by atoms with Crippen LogP contribution in [0.2, 0.25) is 0 Å². The van der Waals surface area contributed by atoms with Crippen LogP contribution < -0.4 is 32.7 Å². The third kappa shape index (κ3) is 7.86. The number of carbonyl (C=O) groups excluding carboxylic acids is 1. The predicted octanol–water partition coefficient (Wildman–Crippen LogP) is 2.13. The number of rotatable bonds is 14. The topological polar surface area (TPSA) is 199 Å². The van der Waals surface area contributed by atoms with Crippen LogP contribution in [-0.2, 0) is 13.1 Å². The minimum Gasteiger partial charge on any atom is -0.395 e. The van der Waals surface area contributed by atoms with Crippen LogP contribution in [0, 0.1) is 5.41 Å². The van der Waals surface area contributed by atoms with Crippen LogP contribution in [0.3, 0.4) is 0 Å². The highest BCUT2D eigenvalue weighted by atomic mass is 32.1. The van der Waals surface area contributed by atoms with Crippen molar-refractivity contribution >= 4 is 39.4 Å². The van der Waals surface area contributed by atoms with Crippen molar-refractivity contribution in [1.82, 2.24) is 35.5 Å². The zero-order valence-corrected chi connectivity index (χ0v) is 24.7. The lowest BCUT2D eigenvalue weighted by Crippen LogP contribution is -2.32. The van der Waals surface area contributed by atoms with E-state index in [9.17, 15) is 9.59 Å². The zero-order chi connectivity index (χ0) is 30.9. The summed E-state index contributed by atoms with van der Waals surface area (Å²) in [5.74, 6) is -0.240. The molecule has 5 aromatic rings. The number of H-pyrrole nitrogens is 1. The number of hydrogen-bond acceptors (Lipinski definition) is 9. The van der Waals surface area contributed by atoms with Crippen LogP contribution in [0.25, 0.3) is 28.0 Å². The normalized spacial score (nSPS) is 11.0. The third-order valence-corrected chi connectivity index (χ3v) is 7.57. The van der Waals surface area contributed by atoms with Gasteiger partial charge in [-0.1, -0.05) is 24.3 Å². The van der Waals surface area contributed by atoms with E-state index in [1.165, 1.54) is 15.9 Å². The molecule has 3 heterocycles. The van der Waals surface area contributed by atoms with Crippen molar-refractivity contribution in [3.05, 3.63) is 93.5 Å². The van der Waals surface area contributed by atoms with Crippen LogP contribution in [0.5, 0.6) is 0 Å². The maximum atomic E-state index is 12.8. The van der Waals surface area contributed by atoms with Gasteiger partial charge in [0.1, 0.15) is 5.65 Å². The molecule has 0 bridgehead atoms. The van der Waals surface area contributed by atoms with E-state index in [0.717, 1.165) is 40.9 Å². The number of aromatic amines is 1. The fourth-order valence-corrected chi connectivity index (χ4v) is 5.22. The van der Waals surface area contributed by atoms with E-state index in [4.69, 9.17) is 16.2 Å². The molecule has 0 radical (unpaired) electrons. The van der Waals surface area contributed by atoms with Gasteiger partial charge in [0.25, 0.3) is 5.91 Å². The number of aromatic nitrogens is 4. The molecule has 0 fully saturated rings. The number of aliphatic hydroxyl groups is 1. The SMILES string of the molecule is N=C(N)NCCCNCc1ccc(-n2cc3cc(-c4ccc(C(=O)NCc5csc(NCCO)n5)cc4)[nH]c3nc2=O)cc1. The average molecular weight is 615 g/mol. The van der Waals surface area contributed by atoms with Crippen molar-refractivity contribution in [2.45, 2.75) is 19.5 Å². The summed E-state index contributed by atoms with van der Waals surface area (Å²) in [5, 5.41) is 31.4. The molecule has 0 saturated carbocycles. The Labute approximate surface area is 257 Å². The highest BCUT2D eigenvalue weighted by molar-refractivity contribution is 7.13. The quantitative estimate of drug-likeness (QED) is 0.0524. The van der Waals surface area contributed by atoms with Crippen LogP contribution in [0.15, 0.2) is 71.0 Å². The summed E-state index contributed by atoms with van der Waals surface area (Å²) in [5.41, 5.74) is 10.1. The van der Waals surface area contributed by atoms with Crippen molar-refractivity contribution < 1.29 is 9.90 Å². The first-order valence-corrected chi connectivity index (χ1v) is 15.0. The lowest BCUT2D eigenvalue weighted by Gasteiger charge is -2.08. The first-order valence-electron chi connectivity index (χ1n) is 14.1. The van der Waals surface area contributed by atoms with Crippen LogP contribution in [0.4, 0.5) is 5.13 Å². The van der Waals surface area contributed by atoms with Gasteiger partial charge in [-0.15, -0.1) is 11.3 Å². The van der Waals surface area contributed by atoms with Gasteiger partial charge in [0, 0.05) is 47.9 Å².